The van der Waals surface area contributed by atoms with E-state index in [0.717, 1.165) is 5.69 Å². The molecular weight excluding hydrogens is 330 g/mol. The quantitative estimate of drug-likeness (QED) is 0.769. The fraction of sp³-hybridized carbons (Fsp3) is 0.375. The maximum atomic E-state index is 12.2. The molecular formula is C16H21N3O4S. The Hall–Kier alpha value is -2.19. The van der Waals surface area contributed by atoms with Crippen LogP contribution in [0, 0.1) is 0 Å². The van der Waals surface area contributed by atoms with Crippen LogP contribution >= 0.6 is 0 Å². The number of nitrogens with one attached hydrogen (secondary N) is 1. The highest BCUT2D eigenvalue weighted by molar-refractivity contribution is 7.91. The minimum Gasteiger partial charge on any atom is -0.382 e. The zero-order valence-corrected chi connectivity index (χ0v) is 14.5. The first-order valence-electron chi connectivity index (χ1n) is 7.48. The Morgan fingerprint density at radius 1 is 1.29 bits per heavy atom. The van der Waals surface area contributed by atoms with E-state index in [9.17, 15) is 13.2 Å². The maximum Gasteiger partial charge on any atom is 0.221 e. The van der Waals surface area contributed by atoms with Crippen molar-refractivity contribution in [3.8, 4) is 0 Å². The molecule has 1 atom stereocenters. The molecule has 1 aromatic carbocycles. The van der Waals surface area contributed by atoms with Gasteiger partial charge in [0.15, 0.2) is 9.84 Å². The van der Waals surface area contributed by atoms with Crippen molar-refractivity contribution in [3.63, 3.8) is 0 Å². The highest BCUT2D eigenvalue weighted by Crippen LogP contribution is 2.14. The summed E-state index contributed by atoms with van der Waals surface area (Å²) in [5.41, 5.74) is 0.788. The van der Waals surface area contributed by atoms with Crippen molar-refractivity contribution in [1.82, 2.24) is 15.1 Å². The lowest BCUT2D eigenvalue weighted by Crippen LogP contribution is -2.33. The van der Waals surface area contributed by atoms with Crippen LogP contribution in [-0.4, -0.2) is 43.6 Å². The molecule has 0 fully saturated rings. The van der Waals surface area contributed by atoms with Crippen LogP contribution in [0.4, 0.5) is 0 Å². The molecule has 0 aliphatic heterocycles. The van der Waals surface area contributed by atoms with Gasteiger partial charge in [0, 0.05) is 26.8 Å². The number of ether oxygens (including phenoxy) is 1. The molecule has 1 aromatic heterocycles. The number of aromatic nitrogens is 2. The van der Waals surface area contributed by atoms with Gasteiger partial charge in [0.25, 0.3) is 0 Å². The molecule has 1 heterocycles. The van der Waals surface area contributed by atoms with Gasteiger partial charge in [-0.3, -0.25) is 9.48 Å². The first-order chi connectivity index (χ1) is 11.4. The van der Waals surface area contributed by atoms with Crippen LogP contribution in [0.1, 0.15) is 18.2 Å². The van der Waals surface area contributed by atoms with Crippen LogP contribution in [0.25, 0.3) is 0 Å². The molecule has 2 rings (SSSR count). The topological polar surface area (TPSA) is 90.3 Å². The van der Waals surface area contributed by atoms with Gasteiger partial charge in [-0.15, -0.1) is 0 Å². The number of hydrogen-bond donors (Lipinski definition) is 1. The van der Waals surface area contributed by atoms with Gasteiger partial charge < -0.3 is 10.1 Å². The number of nitrogens with zero attached hydrogens (tertiary/aromatic N) is 2. The van der Waals surface area contributed by atoms with E-state index in [0.29, 0.717) is 0 Å². The van der Waals surface area contributed by atoms with Crippen molar-refractivity contribution in [3.05, 3.63) is 48.3 Å². The molecule has 7 nitrogen and oxygen atoms in total. The molecule has 2 aromatic rings. The summed E-state index contributed by atoms with van der Waals surface area (Å²) in [7, 11) is -0.170. The summed E-state index contributed by atoms with van der Waals surface area (Å²) < 4.78 is 31.2. The van der Waals surface area contributed by atoms with Crippen LogP contribution in [-0.2, 0) is 26.4 Å². The predicted octanol–water partition coefficient (Wildman–Crippen LogP) is 1.09. The lowest BCUT2D eigenvalue weighted by Gasteiger charge is -2.18. The molecule has 0 aliphatic carbocycles. The average molecular weight is 351 g/mol. The summed E-state index contributed by atoms with van der Waals surface area (Å²) in [5, 5.41) is 6.86. The van der Waals surface area contributed by atoms with Crippen LogP contribution < -0.4 is 5.32 Å². The zero-order chi connectivity index (χ0) is 17.6. The summed E-state index contributed by atoms with van der Waals surface area (Å²) in [5.74, 6) is -0.591. The molecule has 0 unspecified atom stereocenters. The van der Waals surface area contributed by atoms with Gasteiger partial charge in [0.2, 0.25) is 5.91 Å². The Kier molecular flexibility index (Phi) is 6.10. The molecule has 0 aliphatic rings. The minimum atomic E-state index is -3.48. The SMILES string of the molecule is COC[C@@H](NC(=O)CCS(=O)(=O)c1ccccc1)c1ccnn1C. The second-order valence-electron chi connectivity index (χ2n) is 5.34. The summed E-state index contributed by atoms with van der Waals surface area (Å²) >= 11 is 0. The molecule has 1 N–H and O–H groups in total. The average Bonchev–Trinajstić information content (AvgIpc) is 2.99. The van der Waals surface area contributed by atoms with Crippen molar-refractivity contribution in [2.45, 2.75) is 17.4 Å². The summed E-state index contributed by atoms with van der Waals surface area (Å²) in [6.45, 7) is 0.275. The molecule has 0 saturated carbocycles. The van der Waals surface area contributed by atoms with E-state index in [2.05, 4.69) is 10.4 Å². The smallest absolute Gasteiger partial charge is 0.221 e. The third-order valence-electron chi connectivity index (χ3n) is 3.58. The second-order valence-corrected chi connectivity index (χ2v) is 7.45. The van der Waals surface area contributed by atoms with Crippen molar-refractivity contribution in [1.29, 1.82) is 0 Å². The number of methoxy groups -OCH3 is 1. The molecule has 0 radical (unpaired) electrons. The number of carbonyl (C=O) groups is 1. The number of benzene rings is 1. The molecule has 1 amide bonds. The number of amides is 1. The van der Waals surface area contributed by atoms with Gasteiger partial charge in [0.05, 0.1) is 29.0 Å². The molecule has 24 heavy (non-hydrogen) atoms. The van der Waals surface area contributed by atoms with Crippen LogP contribution in [0.3, 0.4) is 0 Å². The van der Waals surface area contributed by atoms with Crippen molar-refractivity contribution in [2.24, 2.45) is 7.05 Å². The van der Waals surface area contributed by atoms with E-state index in [1.54, 1.807) is 42.2 Å². The Labute approximate surface area is 141 Å². The lowest BCUT2D eigenvalue weighted by atomic mass is 10.2. The third-order valence-corrected chi connectivity index (χ3v) is 5.32. The lowest BCUT2D eigenvalue weighted by molar-refractivity contribution is -0.121. The highest BCUT2D eigenvalue weighted by atomic mass is 32.2. The number of hydrogen-bond acceptors (Lipinski definition) is 5. The first-order valence-corrected chi connectivity index (χ1v) is 9.13. The monoisotopic (exact) mass is 351 g/mol. The summed E-state index contributed by atoms with van der Waals surface area (Å²) in [6, 6.07) is 9.51. The standard InChI is InChI=1S/C16H21N3O4S/c1-19-15(8-10-17-19)14(12-23-2)18-16(20)9-11-24(21,22)13-6-4-3-5-7-13/h3-8,10,14H,9,11-12H2,1-2H3,(H,18,20)/t14-/m1/s1. The van der Waals surface area contributed by atoms with Crippen molar-refractivity contribution in [2.75, 3.05) is 19.5 Å². The van der Waals surface area contributed by atoms with Gasteiger partial charge in [-0.05, 0) is 18.2 Å². The van der Waals surface area contributed by atoms with Gasteiger partial charge in [-0.1, -0.05) is 18.2 Å². The van der Waals surface area contributed by atoms with Crippen molar-refractivity contribution >= 4 is 15.7 Å². The summed E-state index contributed by atoms with van der Waals surface area (Å²) in [6.07, 6.45) is 1.51. The normalized spacial score (nSPS) is 12.8. The molecule has 8 heteroatoms. The van der Waals surface area contributed by atoms with E-state index >= 15 is 0 Å². The first kappa shape index (κ1) is 18.2. The predicted molar refractivity (Wildman–Crippen MR) is 89.1 cm³/mol. The van der Waals surface area contributed by atoms with Crippen LogP contribution in [0.2, 0.25) is 0 Å². The molecule has 0 saturated heterocycles. The number of sulfone groups is 1. The van der Waals surface area contributed by atoms with E-state index in [4.69, 9.17) is 4.74 Å². The number of carbonyl (C=O) groups excluding carboxylic acids is 1. The van der Waals surface area contributed by atoms with Crippen LogP contribution in [0.15, 0.2) is 47.5 Å². The van der Waals surface area contributed by atoms with E-state index in [-0.39, 0.29) is 35.6 Å². The Morgan fingerprint density at radius 2 is 2.00 bits per heavy atom. The Balaban J connectivity index is 1.98. The fourth-order valence-corrected chi connectivity index (χ4v) is 3.59. The molecule has 0 bridgehead atoms. The van der Waals surface area contributed by atoms with E-state index in [1.165, 1.54) is 19.2 Å². The largest absolute Gasteiger partial charge is 0.382 e. The van der Waals surface area contributed by atoms with Crippen LogP contribution in [0.5, 0.6) is 0 Å². The molecule has 0 spiro atoms. The summed E-state index contributed by atoms with van der Waals surface area (Å²) in [4.78, 5) is 12.4. The Bertz CT molecular complexity index is 772. The Morgan fingerprint density at radius 3 is 2.58 bits per heavy atom. The van der Waals surface area contributed by atoms with Gasteiger partial charge in [-0.2, -0.15) is 5.10 Å². The van der Waals surface area contributed by atoms with E-state index in [1.807, 2.05) is 0 Å². The highest BCUT2D eigenvalue weighted by Gasteiger charge is 2.20. The molecule has 130 valence electrons. The van der Waals surface area contributed by atoms with Crippen molar-refractivity contribution < 1.29 is 17.9 Å². The van der Waals surface area contributed by atoms with Gasteiger partial charge >= 0.3 is 0 Å². The second kappa shape index (κ2) is 8.07. The van der Waals surface area contributed by atoms with Gasteiger partial charge in [-0.25, -0.2) is 8.42 Å². The zero-order valence-electron chi connectivity index (χ0n) is 13.7. The third kappa shape index (κ3) is 4.65. The number of rotatable bonds is 8. The minimum absolute atomic E-state index is 0.116. The van der Waals surface area contributed by atoms with Gasteiger partial charge in [0.1, 0.15) is 0 Å². The van der Waals surface area contributed by atoms with E-state index < -0.39 is 9.84 Å². The fourth-order valence-electron chi connectivity index (χ4n) is 2.33. The maximum absolute atomic E-state index is 12.2. The number of aryl methyl sites for hydroxylation is 1.